The number of carbonyl (C=O) groups excluding carboxylic acids is 2. The molecule has 2 saturated carbocycles. The molecule has 2 heteroatoms. The Morgan fingerprint density at radius 3 is 2.61 bits per heavy atom. The first kappa shape index (κ1) is 12.1. The average molecular weight is 246 g/mol. The van der Waals surface area contributed by atoms with Crippen LogP contribution >= 0.6 is 0 Å². The fourth-order valence-electron chi connectivity index (χ4n) is 4.50. The Labute approximate surface area is 109 Å². The van der Waals surface area contributed by atoms with E-state index in [0.717, 1.165) is 38.5 Å². The van der Waals surface area contributed by atoms with Crippen LogP contribution in [0, 0.1) is 23.7 Å². The van der Waals surface area contributed by atoms with Crippen molar-refractivity contribution in [3.05, 3.63) is 11.6 Å². The minimum Gasteiger partial charge on any atom is -0.300 e. The Bertz CT molecular complexity index is 407. The van der Waals surface area contributed by atoms with Crippen LogP contribution in [0.3, 0.4) is 0 Å². The first-order chi connectivity index (χ1) is 8.65. The molecule has 3 rings (SSSR count). The van der Waals surface area contributed by atoms with Crippen LogP contribution in [0.25, 0.3) is 0 Å². The van der Waals surface area contributed by atoms with Crippen LogP contribution in [0.1, 0.15) is 51.9 Å². The zero-order valence-electron chi connectivity index (χ0n) is 11.2. The minimum atomic E-state index is 0.322. The SMILES string of the molecule is C[C@H]1C2CCC(=O)C=C2CC[C@@H]1C1CCC(=O)C1. The van der Waals surface area contributed by atoms with Gasteiger partial charge in [0.25, 0.3) is 0 Å². The summed E-state index contributed by atoms with van der Waals surface area (Å²) in [5.74, 6) is 3.42. The summed E-state index contributed by atoms with van der Waals surface area (Å²) in [6.45, 7) is 2.35. The minimum absolute atomic E-state index is 0.322. The number of carbonyl (C=O) groups is 2. The van der Waals surface area contributed by atoms with E-state index in [1.807, 2.05) is 6.08 Å². The van der Waals surface area contributed by atoms with Gasteiger partial charge in [-0.2, -0.15) is 0 Å². The molecule has 0 saturated heterocycles. The molecule has 4 atom stereocenters. The second-order valence-electron chi connectivity index (χ2n) is 6.43. The normalized spacial score (nSPS) is 40.6. The molecule has 98 valence electrons. The second kappa shape index (κ2) is 4.64. The van der Waals surface area contributed by atoms with E-state index in [0.29, 0.717) is 35.2 Å². The molecule has 0 amide bonds. The zero-order chi connectivity index (χ0) is 12.7. The van der Waals surface area contributed by atoms with Gasteiger partial charge in [-0.15, -0.1) is 0 Å². The van der Waals surface area contributed by atoms with Gasteiger partial charge in [-0.25, -0.2) is 0 Å². The summed E-state index contributed by atoms with van der Waals surface area (Å²) >= 11 is 0. The summed E-state index contributed by atoms with van der Waals surface area (Å²) in [4.78, 5) is 23.0. The molecule has 0 heterocycles. The van der Waals surface area contributed by atoms with Gasteiger partial charge in [0.15, 0.2) is 5.78 Å². The molecule has 0 aliphatic heterocycles. The number of Topliss-reactive ketones (excluding diaryl/α,β-unsaturated/α-hetero) is 1. The standard InChI is InChI=1S/C16H22O2/c1-10-15(11-2-4-13(17)8-11)6-3-12-9-14(18)5-7-16(10)12/h9-11,15-16H,2-8H2,1H3/t10-,11?,15+,16?/m1/s1. The van der Waals surface area contributed by atoms with Crippen molar-refractivity contribution in [2.75, 3.05) is 0 Å². The van der Waals surface area contributed by atoms with Gasteiger partial charge in [0.1, 0.15) is 5.78 Å². The molecule has 0 bridgehead atoms. The zero-order valence-corrected chi connectivity index (χ0v) is 11.2. The number of hydrogen-bond acceptors (Lipinski definition) is 2. The molecular formula is C16H22O2. The van der Waals surface area contributed by atoms with Crippen molar-refractivity contribution in [2.24, 2.45) is 23.7 Å². The van der Waals surface area contributed by atoms with Crippen molar-refractivity contribution < 1.29 is 9.59 Å². The molecule has 0 N–H and O–H groups in total. The van der Waals surface area contributed by atoms with Crippen molar-refractivity contribution in [1.29, 1.82) is 0 Å². The molecule has 2 fully saturated rings. The summed E-state index contributed by atoms with van der Waals surface area (Å²) in [6.07, 6.45) is 8.71. The Hall–Kier alpha value is -0.920. The number of allylic oxidation sites excluding steroid dienone is 2. The maximum absolute atomic E-state index is 11.5. The van der Waals surface area contributed by atoms with E-state index >= 15 is 0 Å². The Balaban J connectivity index is 1.75. The lowest BCUT2D eigenvalue weighted by molar-refractivity contribution is -0.117. The van der Waals surface area contributed by atoms with Gasteiger partial charge in [0.2, 0.25) is 0 Å². The predicted molar refractivity (Wildman–Crippen MR) is 70.1 cm³/mol. The molecular weight excluding hydrogens is 224 g/mol. The number of hydrogen-bond donors (Lipinski definition) is 0. The Kier molecular flexibility index (Phi) is 3.13. The van der Waals surface area contributed by atoms with E-state index in [1.54, 1.807) is 0 Å². The van der Waals surface area contributed by atoms with Gasteiger partial charge >= 0.3 is 0 Å². The number of rotatable bonds is 1. The summed E-state index contributed by atoms with van der Waals surface area (Å²) in [5, 5.41) is 0. The Morgan fingerprint density at radius 1 is 1.06 bits per heavy atom. The molecule has 18 heavy (non-hydrogen) atoms. The van der Waals surface area contributed by atoms with Crippen LogP contribution < -0.4 is 0 Å². The molecule has 2 nitrogen and oxygen atoms in total. The molecule has 0 aromatic rings. The lowest BCUT2D eigenvalue weighted by Crippen LogP contribution is -2.34. The van der Waals surface area contributed by atoms with E-state index in [9.17, 15) is 9.59 Å². The third kappa shape index (κ3) is 2.06. The van der Waals surface area contributed by atoms with Crippen LogP contribution in [0.4, 0.5) is 0 Å². The fourth-order valence-corrected chi connectivity index (χ4v) is 4.50. The monoisotopic (exact) mass is 246 g/mol. The lowest BCUT2D eigenvalue weighted by atomic mass is 9.63. The van der Waals surface area contributed by atoms with E-state index in [-0.39, 0.29) is 0 Å². The molecule has 0 spiro atoms. The first-order valence-electron chi connectivity index (χ1n) is 7.40. The quantitative estimate of drug-likeness (QED) is 0.711. The van der Waals surface area contributed by atoms with Crippen LogP contribution in [-0.4, -0.2) is 11.6 Å². The predicted octanol–water partition coefficient (Wildman–Crippen LogP) is 3.31. The number of fused-ring (bicyclic) bond motifs is 1. The van der Waals surface area contributed by atoms with Gasteiger partial charge in [-0.3, -0.25) is 9.59 Å². The maximum Gasteiger partial charge on any atom is 0.155 e. The fraction of sp³-hybridized carbons (Fsp3) is 0.750. The van der Waals surface area contributed by atoms with Crippen molar-refractivity contribution in [1.82, 2.24) is 0 Å². The first-order valence-corrected chi connectivity index (χ1v) is 7.40. The van der Waals surface area contributed by atoms with Gasteiger partial charge in [-0.05, 0) is 55.4 Å². The lowest BCUT2D eigenvalue weighted by Gasteiger charge is -2.42. The smallest absolute Gasteiger partial charge is 0.155 e. The largest absolute Gasteiger partial charge is 0.300 e. The van der Waals surface area contributed by atoms with Crippen LogP contribution in [0.5, 0.6) is 0 Å². The van der Waals surface area contributed by atoms with Crippen molar-refractivity contribution >= 4 is 11.6 Å². The van der Waals surface area contributed by atoms with E-state index in [1.165, 1.54) is 12.0 Å². The van der Waals surface area contributed by atoms with Crippen LogP contribution in [0.2, 0.25) is 0 Å². The second-order valence-corrected chi connectivity index (χ2v) is 6.43. The third-order valence-electron chi connectivity index (χ3n) is 5.49. The highest BCUT2D eigenvalue weighted by molar-refractivity contribution is 5.91. The van der Waals surface area contributed by atoms with Crippen molar-refractivity contribution in [3.8, 4) is 0 Å². The summed E-state index contributed by atoms with van der Waals surface area (Å²) < 4.78 is 0. The molecule has 0 aromatic carbocycles. The van der Waals surface area contributed by atoms with E-state index < -0.39 is 0 Å². The third-order valence-corrected chi connectivity index (χ3v) is 5.49. The van der Waals surface area contributed by atoms with Gasteiger partial charge in [-0.1, -0.05) is 12.5 Å². The summed E-state index contributed by atoms with van der Waals surface area (Å²) in [5.41, 5.74) is 1.40. The molecule has 2 unspecified atom stereocenters. The molecule has 0 aromatic heterocycles. The topological polar surface area (TPSA) is 34.1 Å². The van der Waals surface area contributed by atoms with Crippen molar-refractivity contribution in [3.63, 3.8) is 0 Å². The van der Waals surface area contributed by atoms with Gasteiger partial charge in [0.05, 0.1) is 0 Å². The average Bonchev–Trinajstić information content (AvgIpc) is 2.76. The highest BCUT2D eigenvalue weighted by Gasteiger charge is 2.40. The molecule has 3 aliphatic rings. The van der Waals surface area contributed by atoms with Gasteiger partial charge in [0, 0.05) is 19.3 Å². The maximum atomic E-state index is 11.5. The Morgan fingerprint density at radius 2 is 1.89 bits per heavy atom. The van der Waals surface area contributed by atoms with Crippen molar-refractivity contribution in [2.45, 2.75) is 51.9 Å². The summed E-state index contributed by atoms with van der Waals surface area (Å²) in [6, 6.07) is 0. The highest BCUT2D eigenvalue weighted by atomic mass is 16.1. The van der Waals surface area contributed by atoms with Crippen LogP contribution in [-0.2, 0) is 9.59 Å². The molecule has 3 aliphatic carbocycles. The van der Waals surface area contributed by atoms with E-state index in [2.05, 4.69) is 6.92 Å². The van der Waals surface area contributed by atoms with E-state index in [4.69, 9.17) is 0 Å². The van der Waals surface area contributed by atoms with Gasteiger partial charge < -0.3 is 0 Å². The van der Waals surface area contributed by atoms with Crippen LogP contribution in [0.15, 0.2) is 11.6 Å². The highest BCUT2D eigenvalue weighted by Crippen LogP contribution is 2.48. The molecule has 0 radical (unpaired) electrons. The summed E-state index contributed by atoms with van der Waals surface area (Å²) in [7, 11) is 0. The number of ketones is 2.